The van der Waals surface area contributed by atoms with Gasteiger partial charge in [-0.1, -0.05) is 11.6 Å². The molecule has 0 unspecified atom stereocenters. The van der Waals surface area contributed by atoms with Crippen LogP contribution < -0.4 is 10.0 Å². The second kappa shape index (κ2) is 8.37. The molecule has 2 N–H and O–H groups in total. The van der Waals surface area contributed by atoms with Gasteiger partial charge in [0.1, 0.15) is 17.4 Å². The van der Waals surface area contributed by atoms with Crippen LogP contribution in [0.2, 0.25) is 5.02 Å². The van der Waals surface area contributed by atoms with Crippen molar-refractivity contribution >= 4 is 49.7 Å². The van der Waals surface area contributed by atoms with E-state index in [2.05, 4.69) is 31.1 Å². The molecule has 4 aromatic rings. The van der Waals surface area contributed by atoms with Crippen LogP contribution in [0.5, 0.6) is 0 Å². The zero-order chi connectivity index (χ0) is 22.9. The number of nitriles is 1. The van der Waals surface area contributed by atoms with Crippen LogP contribution in [-0.4, -0.2) is 29.6 Å². The molecule has 0 aliphatic rings. The lowest BCUT2D eigenvalue weighted by molar-refractivity contribution is 0.606. The molecule has 0 fully saturated rings. The van der Waals surface area contributed by atoms with Crippen LogP contribution in [0.4, 0.5) is 21.5 Å². The van der Waals surface area contributed by atoms with Crippen LogP contribution in [0.25, 0.3) is 22.3 Å². The average Bonchev–Trinajstić information content (AvgIpc) is 2.75. The Kier molecular flexibility index (Phi) is 5.61. The van der Waals surface area contributed by atoms with Gasteiger partial charge in [-0.2, -0.15) is 5.26 Å². The van der Waals surface area contributed by atoms with E-state index in [4.69, 9.17) is 11.6 Å². The highest BCUT2D eigenvalue weighted by Crippen LogP contribution is 2.31. The minimum atomic E-state index is -3.47. The Bertz CT molecular complexity index is 1500. The Morgan fingerprint density at radius 2 is 1.91 bits per heavy atom. The zero-order valence-electron chi connectivity index (χ0n) is 16.5. The molecule has 0 saturated carbocycles. The second-order valence-electron chi connectivity index (χ2n) is 6.81. The number of hydrogen-bond donors (Lipinski definition) is 2. The Hall–Kier alpha value is -3.81. The Labute approximate surface area is 187 Å². The standard InChI is InChI=1S/C21H14ClFN6O2S/c1-32(30,31)29-15-6-12(9-25-11-15)18-4-5-19-21(28-18)20(13(8-24)10-26-19)27-14-2-3-17(23)16(22)7-14/h2-7,9-11,29H,1H3,(H,26,27). The maximum Gasteiger partial charge on any atom is 0.229 e. The first kappa shape index (κ1) is 21.4. The summed E-state index contributed by atoms with van der Waals surface area (Å²) in [5.74, 6) is -0.562. The van der Waals surface area contributed by atoms with Crippen LogP contribution in [-0.2, 0) is 10.0 Å². The van der Waals surface area contributed by atoms with Crippen molar-refractivity contribution in [3.63, 3.8) is 0 Å². The predicted molar refractivity (Wildman–Crippen MR) is 121 cm³/mol. The SMILES string of the molecule is CS(=O)(=O)Nc1cncc(-c2ccc3ncc(C#N)c(Nc4ccc(F)c(Cl)c4)c3n2)c1. The molecule has 0 spiro atoms. The number of nitrogens with zero attached hydrogens (tertiary/aromatic N) is 4. The molecule has 8 nitrogen and oxygen atoms in total. The van der Waals surface area contributed by atoms with Gasteiger partial charge in [-0.25, -0.2) is 17.8 Å². The number of hydrogen-bond acceptors (Lipinski definition) is 7. The number of nitrogens with one attached hydrogen (secondary N) is 2. The van der Waals surface area contributed by atoms with Crippen molar-refractivity contribution in [1.82, 2.24) is 15.0 Å². The van der Waals surface area contributed by atoms with Crippen LogP contribution in [0.3, 0.4) is 0 Å². The van der Waals surface area contributed by atoms with Crippen molar-refractivity contribution in [1.29, 1.82) is 5.26 Å². The lowest BCUT2D eigenvalue weighted by Gasteiger charge is -2.12. The first-order valence-electron chi connectivity index (χ1n) is 9.08. The molecule has 0 saturated heterocycles. The fourth-order valence-electron chi connectivity index (χ4n) is 3.01. The van der Waals surface area contributed by atoms with E-state index in [0.717, 1.165) is 6.26 Å². The van der Waals surface area contributed by atoms with E-state index in [1.54, 1.807) is 18.2 Å². The summed E-state index contributed by atoms with van der Waals surface area (Å²) in [4.78, 5) is 13.0. The van der Waals surface area contributed by atoms with Crippen LogP contribution >= 0.6 is 11.6 Å². The summed E-state index contributed by atoms with van der Waals surface area (Å²) in [7, 11) is -3.47. The largest absolute Gasteiger partial charge is 0.353 e. The van der Waals surface area contributed by atoms with E-state index in [0.29, 0.717) is 33.7 Å². The molecule has 0 aliphatic carbocycles. The van der Waals surface area contributed by atoms with E-state index in [-0.39, 0.29) is 16.3 Å². The van der Waals surface area contributed by atoms with Crippen molar-refractivity contribution < 1.29 is 12.8 Å². The minimum Gasteiger partial charge on any atom is -0.353 e. The predicted octanol–water partition coefficient (Wildman–Crippen LogP) is 4.47. The van der Waals surface area contributed by atoms with E-state index < -0.39 is 15.8 Å². The van der Waals surface area contributed by atoms with Gasteiger partial charge in [0, 0.05) is 23.6 Å². The van der Waals surface area contributed by atoms with Crippen molar-refractivity contribution in [2.45, 2.75) is 0 Å². The van der Waals surface area contributed by atoms with Crippen molar-refractivity contribution in [2.75, 3.05) is 16.3 Å². The molecule has 3 aromatic heterocycles. The van der Waals surface area contributed by atoms with Crippen molar-refractivity contribution in [3.8, 4) is 17.3 Å². The third-order valence-corrected chi connectivity index (χ3v) is 5.26. The van der Waals surface area contributed by atoms with Crippen molar-refractivity contribution in [2.24, 2.45) is 0 Å². The Balaban J connectivity index is 1.83. The molecule has 4 rings (SSSR count). The molecule has 0 radical (unpaired) electrons. The molecule has 0 bridgehead atoms. The van der Waals surface area contributed by atoms with Crippen LogP contribution in [0.15, 0.2) is 55.0 Å². The average molecular weight is 469 g/mol. The minimum absolute atomic E-state index is 0.0678. The number of pyridine rings is 3. The summed E-state index contributed by atoms with van der Waals surface area (Å²) in [6.45, 7) is 0. The molecule has 32 heavy (non-hydrogen) atoms. The van der Waals surface area contributed by atoms with Crippen LogP contribution in [0.1, 0.15) is 5.56 Å². The number of anilines is 3. The fraction of sp³-hybridized carbons (Fsp3) is 0.0476. The van der Waals surface area contributed by atoms with Gasteiger partial charge in [-0.05, 0) is 36.4 Å². The number of sulfonamides is 1. The molecule has 0 amide bonds. The van der Waals surface area contributed by atoms with Gasteiger partial charge in [-0.3, -0.25) is 14.7 Å². The third kappa shape index (κ3) is 4.59. The highest BCUT2D eigenvalue weighted by atomic mass is 35.5. The maximum absolute atomic E-state index is 13.5. The summed E-state index contributed by atoms with van der Waals surface area (Å²) < 4.78 is 38.9. The van der Waals surface area contributed by atoms with Gasteiger partial charge in [0.2, 0.25) is 10.0 Å². The fourth-order valence-corrected chi connectivity index (χ4v) is 3.73. The van der Waals surface area contributed by atoms with Gasteiger partial charge in [0.05, 0.1) is 45.6 Å². The normalized spacial score (nSPS) is 11.2. The Morgan fingerprint density at radius 1 is 1.09 bits per heavy atom. The van der Waals surface area contributed by atoms with E-state index in [1.165, 1.54) is 36.8 Å². The molecular formula is C21H14ClFN6O2S. The third-order valence-electron chi connectivity index (χ3n) is 4.36. The first-order valence-corrected chi connectivity index (χ1v) is 11.4. The molecular weight excluding hydrogens is 455 g/mol. The molecule has 160 valence electrons. The smallest absolute Gasteiger partial charge is 0.229 e. The molecule has 1 aromatic carbocycles. The summed E-state index contributed by atoms with van der Waals surface area (Å²) in [6.07, 6.45) is 5.38. The maximum atomic E-state index is 13.5. The number of halogens is 2. The second-order valence-corrected chi connectivity index (χ2v) is 8.97. The molecule has 11 heteroatoms. The quantitative estimate of drug-likeness (QED) is 0.443. The lowest BCUT2D eigenvalue weighted by atomic mass is 10.1. The summed E-state index contributed by atoms with van der Waals surface area (Å²) >= 11 is 5.87. The van der Waals surface area contributed by atoms with E-state index in [1.807, 2.05) is 0 Å². The highest BCUT2D eigenvalue weighted by molar-refractivity contribution is 7.92. The Morgan fingerprint density at radius 3 is 2.62 bits per heavy atom. The molecule has 3 heterocycles. The lowest BCUT2D eigenvalue weighted by Crippen LogP contribution is -2.09. The highest BCUT2D eigenvalue weighted by Gasteiger charge is 2.14. The van der Waals surface area contributed by atoms with Gasteiger partial charge >= 0.3 is 0 Å². The summed E-state index contributed by atoms with van der Waals surface area (Å²) in [6, 6.07) is 11.2. The van der Waals surface area contributed by atoms with Gasteiger partial charge in [0.25, 0.3) is 0 Å². The monoisotopic (exact) mass is 468 g/mol. The van der Waals surface area contributed by atoms with E-state index >= 15 is 0 Å². The first-order chi connectivity index (χ1) is 15.2. The van der Waals surface area contributed by atoms with Gasteiger partial charge < -0.3 is 5.32 Å². The van der Waals surface area contributed by atoms with E-state index in [9.17, 15) is 18.1 Å². The molecule has 0 aliphatic heterocycles. The van der Waals surface area contributed by atoms with Crippen molar-refractivity contribution in [3.05, 3.63) is 71.4 Å². The van der Waals surface area contributed by atoms with Gasteiger partial charge in [-0.15, -0.1) is 0 Å². The topological polar surface area (TPSA) is 121 Å². The number of fused-ring (bicyclic) bond motifs is 1. The molecule has 0 atom stereocenters. The van der Waals surface area contributed by atoms with Gasteiger partial charge in [0.15, 0.2) is 0 Å². The zero-order valence-corrected chi connectivity index (χ0v) is 18.0. The number of benzene rings is 1. The number of aromatic nitrogens is 3. The number of rotatable bonds is 5. The summed E-state index contributed by atoms with van der Waals surface area (Å²) in [5, 5.41) is 12.6. The van der Waals surface area contributed by atoms with Crippen LogP contribution in [0, 0.1) is 17.1 Å². The summed E-state index contributed by atoms with van der Waals surface area (Å²) in [5.41, 5.74) is 3.31.